The highest BCUT2D eigenvalue weighted by Gasteiger charge is 2.17. The number of nitrogens with zero attached hydrogens (tertiary/aromatic N) is 1. The molecule has 0 fully saturated rings. The van der Waals surface area contributed by atoms with Crippen molar-refractivity contribution in [3.8, 4) is 0 Å². The highest BCUT2D eigenvalue weighted by atomic mass is 35.5. The van der Waals surface area contributed by atoms with Crippen LogP contribution in [0.25, 0.3) is 0 Å². The van der Waals surface area contributed by atoms with Gasteiger partial charge < -0.3 is 5.32 Å². The molecule has 1 N–H and O–H groups in total. The molecule has 2 rings (SSSR count). The van der Waals surface area contributed by atoms with Crippen LogP contribution in [0, 0.1) is 0 Å². The van der Waals surface area contributed by atoms with Crippen molar-refractivity contribution in [1.82, 2.24) is 0 Å². The molecule has 0 aromatic heterocycles. The van der Waals surface area contributed by atoms with Crippen LogP contribution >= 0.6 is 23.2 Å². The zero-order valence-corrected chi connectivity index (χ0v) is 15.4. The zero-order chi connectivity index (χ0) is 17.9. The van der Waals surface area contributed by atoms with Crippen LogP contribution in [0.2, 0.25) is 10.0 Å². The third kappa shape index (κ3) is 4.20. The maximum Gasteiger partial charge on any atom is 0.255 e. The molecule has 0 bridgehead atoms. The minimum atomic E-state index is -3.40. The molecule has 0 spiro atoms. The van der Waals surface area contributed by atoms with Gasteiger partial charge in [0.15, 0.2) is 0 Å². The van der Waals surface area contributed by atoms with E-state index in [4.69, 9.17) is 23.2 Å². The van der Waals surface area contributed by atoms with Crippen molar-refractivity contribution < 1.29 is 13.2 Å². The SMILES string of the molecule is CCS(=O)(=O)N(C)c1cccc(C(=O)Nc2ccc(Cl)cc2Cl)c1. The Kier molecular flexibility index (Phi) is 5.74. The Morgan fingerprint density at radius 1 is 1.17 bits per heavy atom. The van der Waals surface area contributed by atoms with E-state index < -0.39 is 15.9 Å². The van der Waals surface area contributed by atoms with Crippen molar-refractivity contribution in [3.63, 3.8) is 0 Å². The second-order valence-electron chi connectivity index (χ2n) is 5.00. The molecule has 8 heteroatoms. The van der Waals surface area contributed by atoms with Crippen molar-refractivity contribution in [2.45, 2.75) is 6.92 Å². The normalized spacial score (nSPS) is 11.2. The minimum Gasteiger partial charge on any atom is -0.321 e. The number of anilines is 2. The first kappa shape index (κ1) is 18.6. The topological polar surface area (TPSA) is 66.5 Å². The van der Waals surface area contributed by atoms with Crippen molar-refractivity contribution >= 4 is 50.5 Å². The lowest BCUT2D eigenvalue weighted by Crippen LogP contribution is -2.28. The molecular formula is C16H16Cl2N2O3S. The van der Waals surface area contributed by atoms with Crippen LogP contribution in [0.3, 0.4) is 0 Å². The van der Waals surface area contributed by atoms with Gasteiger partial charge in [-0.3, -0.25) is 9.10 Å². The van der Waals surface area contributed by atoms with Crippen LogP contribution in [-0.2, 0) is 10.0 Å². The summed E-state index contributed by atoms with van der Waals surface area (Å²) in [6.45, 7) is 1.56. The number of nitrogens with one attached hydrogen (secondary N) is 1. The Bertz CT molecular complexity index is 869. The van der Waals surface area contributed by atoms with Gasteiger partial charge in [-0.15, -0.1) is 0 Å². The van der Waals surface area contributed by atoms with Crippen LogP contribution in [0.1, 0.15) is 17.3 Å². The van der Waals surface area contributed by atoms with Gasteiger partial charge in [0.05, 0.1) is 22.2 Å². The average molecular weight is 387 g/mol. The van der Waals surface area contributed by atoms with Gasteiger partial charge >= 0.3 is 0 Å². The summed E-state index contributed by atoms with van der Waals surface area (Å²) < 4.78 is 25.0. The molecule has 128 valence electrons. The van der Waals surface area contributed by atoms with Crippen LogP contribution in [-0.4, -0.2) is 27.1 Å². The van der Waals surface area contributed by atoms with E-state index in [2.05, 4.69) is 5.32 Å². The van der Waals surface area contributed by atoms with Crippen molar-refractivity contribution in [2.24, 2.45) is 0 Å². The Hall–Kier alpha value is -1.76. The van der Waals surface area contributed by atoms with Crippen molar-refractivity contribution in [3.05, 3.63) is 58.1 Å². The Balaban J connectivity index is 2.26. The molecule has 0 saturated heterocycles. The molecule has 0 aliphatic carbocycles. The summed E-state index contributed by atoms with van der Waals surface area (Å²) in [6.07, 6.45) is 0. The number of hydrogen-bond acceptors (Lipinski definition) is 3. The molecule has 0 aliphatic rings. The number of sulfonamides is 1. The first-order chi connectivity index (χ1) is 11.2. The summed E-state index contributed by atoms with van der Waals surface area (Å²) in [6, 6.07) is 11.1. The fourth-order valence-electron chi connectivity index (χ4n) is 1.98. The second kappa shape index (κ2) is 7.42. The van der Waals surface area contributed by atoms with Gasteiger partial charge in [0.1, 0.15) is 0 Å². The van der Waals surface area contributed by atoms with E-state index in [1.54, 1.807) is 37.3 Å². The Labute approximate surface area is 151 Å². The second-order valence-corrected chi connectivity index (χ2v) is 8.13. The number of hydrogen-bond donors (Lipinski definition) is 1. The average Bonchev–Trinajstić information content (AvgIpc) is 2.56. The van der Waals surface area contributed by atoms with Crippen molar-refractivity contribution in [1.29, 1.82) is 0 Å². The van der Waals surface area contributed by atoms with Gasteiger partial charge in [-0.1, -0.05) is 29.3 Å². The summed E-state index contributed by atoms with van der Waals surface area (Å²) in [7, 11) is -1.95. The van der Waals surface area contributed by atoms with Crippen LogP contribution in [0.4, 0.5) is 11.4 Å². The maximum atomic E-state index is 12.4. The third-order valence-corrected chi connectivity index (χ3v) is 5.76. The molecule has 0 radical (unpaired) electrons. The Morgan fingerprint density at radius 3 is 2.50 bits per heavy atom. The predicted octanol–water partition coefficient (Wildman–Crippen LogP) is 4.03. The lowest BCUT2D eigenvalue weighted by molar-refractivity contribution is 0.102. The quantitative estimate of drug-likeness (QED) is 0.842. The van der Waals surface area contributed by atoms with Crippen LogP contribution in [0.5, 0.6) is 0 Å². The van der Waals surface area contributed by atoms with E-state index in [9.17, 15) is 13.2 Å². The first-order valence-electron chi connectivity index (χ1n) is 7.07. The Morgan fingerprint density at radius 2 is 1.88 bits per heavy atom. The monoisotopic (exact) mass is 386 g/mol. The smallest absolute Gasteiger partial charge is 0.255 e. The van der Waals surface area contributed by atoms with Crippen LogP contribution in [0.15, 0.2) is 42.5 Å². The van der Waals surface area contributed by atoms with Crippen LogP contribution < -0.4 is 9.62 Å². The molecule has 5 nitrogen and oxygen atoms in total. The summed E-state index contributed by atoms with van der Waals surface area (Å²) >= 11 is 11.9. The zero-order valence-electron chi connectivity index (χ0n) is 13.1. The number of rotatable bonds is 5. The molecule has 2 aromatic carbocycles. The number of amides is 1. The van der Waals surface area contributed by atoms with Gasteiger partial charge in [-0.05, 0) is 43.3 Å². The molecule has 0 saturated carbocycles. The van der Waals surface area contributed by atoms with E-state index in [0.29, 0.717) is 27.0 Å². The van der Waals surface area contributed by atoms with Gasteiger partial charge in [-0.25, -0.2) is 8.42 Å². The van der Waals surface area contributed by atoms with Crippen molar-refractivity contribution in [2.75, 3.05) is 22.4 Å². The molecule has 0 unspecified atom stereocenters. The van der Waals surface area contributed by atoms with E-state index in [1.165, 1.54) is 19.2 Å². The van der Waals surface area contributed by atoms with Gasteiger partial charge in [-0.2, -0.15) is 0 Å². The summed E-state index contributed by atoms with van der Waals surface area (Å²) in [5.74, 6) is -0.427. The molecular weight excluding hydrogens is 371 g/mol. The summed E-state index contributed by atoms with van der Waals surface area (Å²) in [5.41, 5.74) is 1.15. The highest BCUT2D eigenvalue weighted by Crippen LogP contribution is 2.26. The van der Waals surface area contributed by atoms with Gasteiger partial charge in [0, 0.05) is 17.6 Å². The lowest BCUT2D eigenvalue weighted by Gasteiger charge is -2.19. The minimum absolute atomic E-state index is 0.0275. The van der Waals surface area contributed by atoms with Gasteiger partial charge in [0.25, 0.3) is 5.91 Å². The number of carbonyl (C=O) groups excluding carboxylic acids is 1. The molecule has 1 amide bonds. The summed E-state index contributed by atoms with van der Waals surface area (Å²) in [4.78, 5) is 12.4. The largest absolute Gasteiger partial charge is 0.321 e. The number of benzene rings is 2. The van der Waals surface area contributed by atoms with E-state index >= 15 is 0 Å². The predicted molar refractivity (Wildman–Crippen MR) is 98.7 cm³/mol. The molecule has 0 aliphatic heterocycles. The van der Waals surface area contributed by atoms with Gasteiger partial charge in [0.2, 0.25) is 10.0 Å². The standard InChI is InChI=1S/C16H16Cl2N2O3S/c1-3-24(22,23)20(2)13-6-4-5-11(9-13)16(21)19-15-8-7-12(17)10-14(15)18/h4-10H,3H2,1-2H3,(H,19,21). The van der Waals surface area contributed by atoms with E-state index in [-0.39, 0.29) is 5.75 Å². The third-order valence-electron chi connectivity index (χ3n) is 3.43. The molecule has 0 heterocycles. The molecule has 0 atom stereocenters. The first-order valence-corrected chi connectivity index (χ1v) is 9.44. The van der Waals surface area contributed by atoms with E-state index in [1.807, 2.05) is 0 Å². The lowest BCUT2D eigenvalue weighted by atomic mass is 10.2. The highest BCUT2D eigenvalue weighted by molar-refractivity contribution is 7.92. The van der Waals surface area contributed by atoms with E-state index in [0.717, 1.165) is 4.31 Å². The fraction of sp³-hybridized carbons (Fsp3) is 0.188. The molecule has 24 heavy (non-hydrogen) atoms. The number of carbonyl (C=O) groups is 1. The molecule has 2 aromatic rings. The fourth-order valence-corrected chi connectivity index (χ4v) is 3.26. The summed E-state index contributed by atoms with van der Waals surface area (Å²) in [5, 5.41) is 3.46. The number of halogens is 2. The maximum absolute atomic E-state index is 12.4.